The van der Waals surface area contributed by atoms with Gasteiger partial charge < -0.3 is 28.4 Å². The molecular weight excluding hydrogens is 476 g/mol. The second kappa shape index (κ2) is 10.7. The lowest BCUT2D eigenvalue weighted by molar-refractivity contribution is 0.103. The van der Waals surface area contributed by atoms with E-state index in [1.54, 1.807) is 31.4 Å². The summed E-state index contributed by atoms with van der Waals surface area (Å²) in [6.45, 7) is 0. The Morgan fingerprint density at radius 3 is 1.89 bits per heavy atom. The zero-order valence-electron chi connectivity index (χ0n) is 21.5. The third-order valence-corrected chi connectivity index (χ3v) is 6.42. The number of hydrogen-bond acceptors (Lipinski definition) is 8. The molecule has 0 aliphatic heterocycles. The number of hydrogen-bond donors (Lipinski definition) is 0. The Morgan fingerprint density at radius 1 is 0.676 bits per heavy atom. The first kappa shape index (κ1) is 25.6. The lowest BCUT2D eigenvalue weighted by Gasteiger charge is -2.21. The molecule has 1 atom stereocenters. The molecule has 1 unspecified atom stereocenters. The molecule has 37 heavy (non-hydrogen) atoms. The van der Waals surface area contributed by atoms with Gasteiger partial charge in [-0.25, -0.2) is 0 Å². The van der Waals surface area contributed by atoms with Gasteiger partial charge in [0.15, 0.2) is 35.1 Å². The lowest BCUT2D eigenvalue weighted by Crippen LogP contribution is -2.07. The summed E-state index contributed by atoms with van der Waals surface area (Å²) in [4.78, 5) is 26.0. The second-order valence-corrected chi connectivity index (χ2v) is 8.17. The Bertz CT molecular complexity index is 1390. The van der Waals surface area contributed by atoms with Crippen molar-refractivity contribution in [2.75, 3.05) is 42.7 Å². The molecule has 3 aromatic carbocycles. The molecule has 0 saturated carbocycles. The Kier molecular flexibility index (Phi) is 7.38. The molecule has 0 saturated heterocycles. The highest BCUT2D eigenvalue weighted by atomic mass is 16.5. The van der Waals surface area contributed by atoms with Crippen molar-refractivity contribution in [1.82, 2.24) is 0 Å². The SMILES string of the molecule is COc1ccccc1/C=C1\C(=O)c2cc(OC)c(OC)c(OC)c2C1c1cc(C=O)c(OC)c(OC)c1. The summed E-state index contributed by atoms with van der Waals surface area (Å²) in [6.07, 6.45) is 2.49. The second-order valence-electron chi connectivity index (χ2n) is 8.17. The molecule has 0 spiro atoms. The van der Waals surface area contributed by atoms with Crippen molar-refractivity contribution in [3.63, 3.8) is 0 Å². The summed E-state index contributed by atoms with van der Waals surface area (Å²) >= 11 is 0. The van der Waals surface area contributed by atoms with E-state index in [-0.39, 0.29) is 11.3 Å². The number of Topliss-reactive ketones (excluding diaryl/α,β-unsaturated/α-hetero) is 1. The van der Waals surface area contributed by atoms with Crippen molar-refractivity contribution in [3.05, 3.63) is 75.9 Å². The molecule has 0 fully saturated rings. The Balaban J connectivity index is 2.10. The number of ketones is 1. The number of carbonyl (C=O) groups is 2. The van der Waals surface area contributed by atoms with Crippen LogP contribution in [-0.4, -0.2) is 54.7 Å². The van der Waals surface area contributed by atoms with Gasteiger partial charge in [0, 0.05) is 28.2 Å². The number of carbonyl (C=O) groups excluding carboxylic acids is 2. The van der Waals surface area contributed by atoms with E-state index in [0.29, 0.717) is 63.0 Å². The van der Waals surface area contributed by atoms with E-state index in [0.717, 1.165) is 5.56 Å². The number of ether oxygens (including phenoxy) is 6. The van der Waals surface area contributed by atoms with Crippen LogP contribution >= 0.6 is 0 Å². The van der Waals surface area contributed by atoms with Crippen LogP contribution in [-0.2, 0) is 0 Å². The number of methoxy groups -OCH3 is 6. The summed E-state index contributed by atoms with van der Waals surface area (Å²) in [5, 5.41) is 0. The topological polar surface area (TPSA) is 89.5 Å². The van der Waals surface area contributed by atoms with E-state index in [2.05, 4.69) is 0 Å². The summed E-state index contributed by atoms with van der Waals surface area (Å²) in [5.41, 5.74) is 3.10. The molecule has 8 nitrogen and oxygen atoms in total. The normalized spacial score (nSPS) is 15.2. The standard InChI is InChI=1S/C29H28O8/c1-32-21-10-8-7-9-16(21)12-19-24(17-11-18(15-30)27(35-4)22(13-17)33-2)25-20(26(19)31)14-23(34-3)28(36-5)29(25)37-6/h7-15,24H,1-6H3/b19-12-. The summed E-state index contributed by atoms with van der Waals surface area (Å²) in [7, 11) is 9.04. The molecule has 192 valence electrons. The molecule has 0 heterocycles. The first-order valence-electron chi connectivity index (χ1n) is 11.4. The van der Waals surface area contributed by atoms with Crippen LogP contribution in [0, 0.1) is 0 Å². The Labute approximate surface area is 215 Å². The summed E-state index contributed by atoms with van der Waals surface area (Å²) in [6, 6.07) is 12.5. The van der Waals surface area contributed by atoms with E-state index in [4.69, 9.17) is 28.4 Å². The number of benzene rings is 3. The maximum Gasteiger partial charge on any atom is 0.203 e. The fourth-order valence-electron chi connectivity index (χ4n) is 4.81. The third kappa shape index (κ3) is 4.24. The van der Waals surface area contributed by atoms with E-state index in [1.165, 1.54) is 35.5 Å². The van der Waals surface area contributed by atoms with Crippen LogP contribution in [0.1, 0.15) is 43.3 Å². The largest absolute Gasteiger partial charge is 0.496 e. The van der Waals surface area contributed by atoms with Gasteiger partial charge in [-0.15, -0.1) is 0 Å². The maximum absolute atomic E-state index is 14.0. The first-order valence-corrected chi connectivity index (χ1v) is 11.4. The van der Waals surface area contributed by atoms with E-state index in [9.17, 15) is 9.59 Å². The smallest absolute Gasteiger partial charge is 0.203 e. The number of rotatable bonds is 9. The lowest BCUT2D eigenvalue weighted by atomic mass is 9.86. The molecule has 1 aliphatic rings. The van der Waals surface area contributed by atoms with Crippen LogP contribution in [0.5, 0.6) is 34.5 Å². The molecule has 0 bridgehead atoms. The number of fused-ring (bicyclic) bond motifs is 1. The van der Waals surface area contributed by atoms with Gasteiger partial charge in [0.05, 0.1) is 48.2 Å². The van der Waals surface area contributed by atoms with Gasteiger partial charge in [-0.1, -0.05) is 18.2 Å². The minimum Gasteiger partial charge on any atom is -0.496 e. The van der Waals surface area contributed by atoms with Crippen molar-refractivity contribution >= 4 is 18.1 Å². The van der Waals surface area contributed by atoms with Crippen LogP contribution in [0.25, 0.3) is 6.08 Å². The molecule has 8 heteroatoms. The predicted molar refractivity (Wildman–Crippen MR) is 138 cm³/mol. The predicted octanol–water partition coefficient (Wildman–Crippen LogP) is 4.96. The fraction of sp³-hybridized carbons (Fsp3) is 0.241. The zero-order valence-corrected chi connectivity index (χ0v) is 21.5. The van der Waals surface area contributed by atoms with Crippen molar-refractivity contribution in [2.45, 2.75) is 5.92 Å². The van der Waals surface area contributed by atoms with Gasteiger partial charge in [0.25, 0.3) is 0 Å². The highest BCUT2D eigenvalue weighted by Crippen LogP contribution is 2.54. The third-order valence-electron chi connectivity index (χ3n) is 6.42. The van der Waals surface area contributed by atoms with Crippen molar-refractivity contribution < 1.29 is 38.0 Å². The Morgan fingerprint density at radius 2 is 1.30 bits per heavy atom. The monoisotopic (exact) mass is 504 g/mol. The molecule has 4 rings (SSSR count). The molecule has 0 radical (unpaired) electrons. The van der Waals surface area contributed by atoms with Crippen molar-refractivity contribution in [1.29, 1.82) is 0 Å². The van der Waals surface area contributed by atoms with E-state index < -0.39 is 5.92 Å². The molecular formula is C29H28O8. The minimum absolute atomic E-state index is 0.215. The fourth-order valence-corrected chi connectivity index (χ4v) is 4.81. The van der Waals surface area contributed by atoms with Gasteiger partial charge in [0.1, 0.15) is 5.75 Å². The number of aldehydes is 1. The van der Waals surface area contributed by atoms with E-state index >= 15 is 0 Å². The van der Waals surface area contributed by atoms with Gasteiger partial charge in [-0.05, 0) is 35.9 Å². The van der Waals surface area contributed by atoms with Crippen LogP contribution in [0.4, 0.5) is 0 Å². The van der Waals surface area contributed by atoms with Crippen LogP contribution in [0.3, 0.4) is 0 Å². The molecule has 3 aromatic rings. The van der Waals surface area contributed by atoms with Gasteiger partial charge in [-0.2, -0.15) is 0 Å². The average Bonchev–Trinajstić information content (AvgIpc) is 3.21. The van der Waals surface area contributed by atoms with Crippen molar-refractivity contribution in [2.24, 2.45) is 0 Å². The maximum atomic E-state index is 14.0. The van der Waals surface area contributed by atoms with Gasteiger partial charge in [-0.3, -0.25) is 9.59 Å². The molecule has 0 aromatic heterocycles. The van der Waals surface area contributed by atoms with Crippen LogP contribution in [0.15, 0.2) is 48.0 Å². The first-order chi connectivity index (χ1) is 18.0. The van der Waals surface area contributed by atoms with Gasteiger partial charge in [0.2, 0.25) is 5.75 Å². The summed E-state index contributed by atoms with van der Waals surface area (Å²) in [5.74, 6) is 1.52. The van der Waals surface area contributed by atoms with Gasteiger partial charge >= 0.3 is 0 Å². The van der Waals surface area contributed by atoms with E-state index in [1.807, 2.05) is 24.3 Å². The zero-order chi connectivity index (χ0) is 26.7. The minimum atomic E-state index is -0.624. The van der Waals surface area contributed by atoms with Crippen LogP contribution in [0.2, 0.25) is 0 Å². The quantitative estimate of drug-likeness (QED) is 0.298. The molecule has 0 N–H and O–H groups in total. The average molecular weight is 505 g/mol. The number of allylic oxidation sites excluding steroid dienone is 1. The molecule has 0 amide bonds. The van der Waals surface area contributed by atoms with Crippen molar-refractivity contribution in [3.8, 4) is 34.5 Å². The highest BCUT2D eigenvalue weighted by Gasteiger charge is 2.41. The number of para-hydroxylation sites is 1. The summed E-state index contributed by atoms with van der Waals surface area (Å²) < 4.78 is 33.4. The highest BCUT2D eigenvalue weighted by molar-refractivity contribution is 6.18. The Hall–Kier alpha value is -4.46. The van der Waals surface area contributed by atoms with Crippen LogP contribution < -0.4 is 28.4 Å². The molecule has 1 aliphatic carbocycles.